The van der Waals surface area contributed by atoms with E-state index in [4.69, 9.17) is 4.98 Å². The van der Waals surface area contributed by atoms with Gasteiger partial charge < -0.3 is 9.88 Å². The lowest BCUT2D eigenvalue weighted by atomic mass is 9.95. The average Bonchev–Trinajstić information content (AvgIpc) is 2.82. The number of aromatic nitrogens is 2. The molecule has 1 aliphatic heterocycles. The molecule has 0 bridgehead atoms. The minimum Gasteiger partial charge on any atom is -0.352 e. The van der Waals surface area contributed by atoms with Crippen LogP contribution in [0.15, 0.2) is 6.20 Å². The molecule has 2 heterocycles. The molecule has 0 spiro atoms. The Kier molecular flexibility index (Phi) is 4.36. The molecule has 1 saturated heterocycles. The van der Waals surface area contributed by atoms with Gasteiger partial charge in [-0.05, 0) is 38.4 Å². The zero-order chi connectivity index (χ0) is 13.1. The topological polar surface area (TPSA) is 29.9 Å². The molecule has 1 unspecified atom stereocenters. The molecule has 106 valence electrons. The molecule has 4 heteroatoms. The lowest BCUT2D eigenvalue weighted by molar-refractivity contribution is 0.355. The molecule has 1 aromatic rings. The minimum atomic E-state index is 0.614. The summed E-state index contributed by atoms with van der Waals surface area (Å²) < 4.78 is 2.42. The summed E-state index contributed by atoms with van der Waals surface area (Å²) >= 11 is 2.07. The summed E-state index contributed by atoms with van der Waals surface area (Å²) in [7, 11) is 0. The van der Waals surface area contributed by atoms with E-state index in [0.29, 0.717) is 12.1 Å². The number of hydrogen-bond donors (Lipinski definition) is 1. The molecule has 19 heavy (non-hydrogen) atoms. The maximum atomic E-state index is 4.72. The SMILES string of the molecule is Cc1cn(C2CCCCC2)c(NC2CCCSC2)n1. The summed E-state index contributed by atoms with van der Waals surface area (Å²) in [5.74, 6) is 3.68. The van der Waals surface area contributed by atoms with Crippen molar-refractivity contribution in [3.8, 4) is 0 Å². The van der Waals surface area contributed by atoms with Crippen LogP contribution in [0.5, 0.6) is 0 Å². The van der Waals surface area contributed by atoms with E-state index in [1.165, 1.54) is 56.5 Å². The number of thioether (sulfide) groups is 1. The maximum absolute atomic E-state index is 4.72. The van der Waals surface area contributed by atoms with Crippen LogP contribution in [0.2, 0.25) is 0 Å². The molecule has 2 aliphatic rings. The Balaban J connectivity index is 1.72. The number of nitrogens with one attached hydrogen (secondary N) is 1. The maximum Gasteiger partial charge on any atom is 0.203 e. The normalized spacial score (nSPS) is 25.4. The Morgan fingerprint density at radius 3 is 2.79 bits per heavy atom. The zero-order valence-corrected chi connectivity index (χ0v) is 12.7. The van der Waals surface area contributed by atoms with E-state index >= 15 is 0 Å². The van der Waals surface area contributed by atoms with E-state index in [0.717, 1.165) is 11.6 Å². The van der Waals surface area contributed by atoms with Gasteiger partial charge in [0.15, 0.2) is 0 Å². The van der Waals surface area contributed by atoms with Gasteiger partial charge in [0, 0.05) is 24.0 Å². The summed E-state index contributed by atoms with van der Waals surface area (Å²) in [5, 5.41) is 3.70. The van der Waals surface area contributed by atoms with Crippen LogP contribution in [0.3, 0.4) is 0 Å². The number of hydrogen-bond acceptors (Lipinski definition) is 3. The summed E-state index contributed by atoms with van der Waals surface area (Å²) in [5.41, 5.74) is 1.15. The van der Waals surface area contributed by atoms with Crippen LogP contribution in [0.25, 0.3) is 0 Å². The average molecular weight is 279 g/mol. The fourth-order valence-corrected chi connectivity index (χ4v) is 4.37. The Labute approximate surface area is 120 Å². The van der Waals surface area contributed by atoms with Crippen LogP contribution in [0.4, 0.5) is 5.95 Å². The van der Waals surface area contributed by atoms with Crippen molar-refractivity contribution in [2.24, 2.45) is 0 Å². The third-order valence-electron chi connectivity index (χ3n) is 4.31. The fourth-order valence-electron chi connectivity index (χ4n) is 3.30. The van der Waals surface area contributed by atoms with Gasteiger partial charge in [-0.1, -0.05) is 19.3 Å². The van der Waals surface area contributed by atoms with Gasteiger partial charge in [0.05, 0.1) is 5.69 Å². The van der Waals surface area contributed by atoms with Gasteiger partial charge in [0.2, 0.25) is 5.95 Å². The monoisotopic (exact) mass is 279 g/mol. The Hall–Kier alpha value is -0.640. The lowest BCUT2D eigenvalue weighted by Crippen LogP contribution is -2.28. The van der Waals surface area contributed by atoms with Gasteiger partial charge in [-0.25, -0.2) is 4.98 Å². The van der Waals surface area contributed by atoms with Crippen LogP contribution in [-0.4, -0.2) is 27.1 Å². The molecule has 0 radical (unpaired) electrons. The van der Waals surface area contributed by atoms with Crippen molar-refractivity contribution in [3.63, 3.8) is 0 Å². The van der Waals surface area contributed by atoms with Crippen LogP contribution in [-0.2, 0) is 0 Å². The third kappa shape index (κ3) is 3.28. The number of imidazole rings is 1. The van der Waals surface area contributed by atoms with Crippen molar-refractivity contribution in [2.75, 3.05) is 16.8 Å². The highest BCUT2D eigenvalue weighted by molar-refractivity contribution is 7.99. The predicted octanol–water partition coefficient (Wildman–Crippen LogP) is 4.00. The van der Waals surface area contributed by atoms with Crippen molar-refractivity contribution in [2.45, 2.75) is 64.0 Å². The highest BCUT2D eigenvalue weighted by atomic mass is 32.2. The van der Waals surface area contributed by atoms with Gasteiger partial charge in [0.25, 0.3) is 0 Å². The van der Waals surface area contributed by atoms with E-state index in [1.54, 1.807) is 0 Å². The molecule has 0 aromatic carbocycles. The molecule has 1 atom stereocenters. The number of aryl methyl sites for hydroxylation is 1. The molecule has 1 aromatic heterocycles. The molecule has 2 fully saturated rings. The predicted molar refractivity (Wildman–Crippen MR) is 83.1 cm³/mol. The highest BCUT2D eigenvalue weighted by Crippen LogP contribution is 2.31. The van der Waals surface area contributed by atoms with E-state index < -0.39 is 0 Å². The number of rotatable bonds is 3. The molecule has 0 amide bonds. The highest BCUT2D eigenvalue weighted by Gasteiger charge is 2.21. The van der Waals surface area contributed by atoms with E-state index in [9.17, 15) is 0 Å². The largest absolute Gasteiger partial charge is 0.352 e. The fraction of sp³-hybridized carbons (Fsp3) is 0.800. The van der Waals surface area contributed by atoms with E-state index in [2.05, 4.69) is 34.8 Å². The van der Waals surface area contributed by atoms with Crippen molar-refractivity contribution >= 4 is 17.7 Å². The Morgan fingerprint density at radius 1 is 1.21 bits per heavy atom. The standard InChI is InChI=1S/C15H25N3S/c1-12-10-18(14-7-3-2-4-8-14)15(16-12)17-13-6-5-9-19-11-13/h10,13-14H,2-9,11H2,1H3,(H,16,17). The van der Waals surface area contributed by atoms with Crippen molar-refractivity contribution in [1.29, 1.82) is 0 Å². The Bertz CT molecular complexity index is 404. The lowest BCUT2D eigenvalue weighted by Gasteiger charge is -2.27. The molecular formula is C15H25N3S. The van der Waals surface area contributed by atoms with Crippen molar-refractivity contribution < 1.29 is 0 Å². The second-order valence-corrected chi connectivity index (χ2v) is 7.11. The first-order chi connectivity index (χ1) is 9.33. The van der Waals surface area contributed by atoms with Gasteiger partial charge >= 0.3 is 0 Å². The molecule has 3 rings (SSSR count). The van der Waals surface area contributed by atoms with Crippen LogP contribution < -0.4 is 5.32 Å². The third-order valence-corrected chi connectivity index (χ3v) is 5.53. The molecule has 1 N–H and O–H groups in total. The summed E-state index contributed by atoms with van der Waals surface area (Å²) in [6.45, 7) is 2.11. The van der Waals surface area contributed by atoms with Crippen molar-refractivity contribution in [3.05, 3.63) is 11.9 Å². The number of anilines is 1. The first kappa shape index (κ1) is 13.3. The number of nitrogens with zero attached hydrogens (tertiary/aromatic N) is 2. The smallest absolute Gasteiger partial charge is 0.203 e. The summed E-state index contributed by atoms with van der Waals surface area (Å²) in [6, 6.07) is 1.29. The summed E-state index contributed by atoms with van der Waals surface area (Å²) in [4.78, 5) is 4.72. The molecular weight excluding hydrogens is 254 g/mol. The second kappa shape index (κ2) is 6.21. The quantitative estimate of drug-likeness (QED) is 0.907. The van der Waals surface area contributed by atoms with E-state index in [1.807, 2.05) is 0 Å². The molecule has 3 nitrogen and oxygen atoms in total. The Morgan fingerprint density at radius 2 is 2.05 bits per heavy atom. The van der Waals surface area contributed by atoms with Gasteiger partial charge in [-0.3, -0.25) is 0 Å². The van der Waals surface area contributed by atoms with Gasteiger partial charge in [-0.2, -0.15) is 11.8 Å². The molecule has 1 saturated carbocycles. The van der Waals surface area contributed by atoms with Gasteiger partial charge in [-0.15, -0.1) is 0 Å². The first-order valence-corrected chi connectivity index (χ1v) is 8.88. The van der Waals surface area contributed by atoms with Crippen molar-refractivity contribution in [1.82, 2.24) is 9.55 Å². The van der Waals surface area contributed by atoms with Crippen LogP contribution in [0, 0.1) is 6.92 Å². The van der Waals surface area contributed by atoms with E-state index in [-0.39, 0.29) is 0 Å². The first-order valence-electron chi connectivity index (χ1n) is 7.72. The van der Waals surface area contributed by atoms with Gasteiger partial charge in [0.1, 0.15) is 0 Å². The molecule has 1 aliphatic carbocycles. The van der Waals surface area contributed by atoms with Crippen LogP contribution >= 0.6 is 11.8 Å². The minimum absolute atomic E-state index is 0.614. The second-order valence-electron chi connectivity index (χ2n) is 5.96. The zero-order valence-electron chi connectivity index (χ0n) is 11.9. The summed E-state index contributed by atoms with van der Waals surface area (Å²) in [6.07, 6.45) is 11.7. The van der Waals surface area contributed by atoms with Crippen LogP contribution in [0.1, 0.15) is 56.7 Å².